The minimum Gasteiger partial charge on any atom is -0.390 e. The van der Waals surface area contributed by atoms with E-state index in [9.17, 15) is 13.6 Å². The molecule has 2 aliphatic rings. The largest absolute Gasteiger partial charge is 0.390 e. The minimum absolute atomic E-state index is 0.135. The van der Waals surface area contributed by atoms with Crippen molar-refractivity contribution in [3.05, 3.63) is 35.4 Å². The summed E-state index contributed by atoms with van der Waals surface area (Å²) in [7, 11) is 0. The SMILES string of the molecule is CC(c1cccc(C(F)(F)CO)c1)N1NCC(=O)[C@H]1C1CCOCC1. The number of carbonyl (C=O) groups excluding carboxylic acids is 1. The van der Waals surface area contributed by atoms with Gasteiger partial charge in [-0.3, -0.25) is 4.79 Å². The molecule has 138 valence electrons. The number of halogens is 2. The van der Waals surface area contributed by atoms with E-state index in [0.717, 1.165) is 12.8 Å². The molecule has 7 heteroatoms. The molecule has 0 bridgehead atoms. The molecule has 25 heavy (non-hydrogen) atoms. The van der Waals surface area contributed by atoms with Crippen LogP contribution in [0.4, 0.5) is 8.78 Å². The van der Waals surface area contributed by atoms with E-state index < -0.39 is 12.5 Å². The van der Waals surface area contributed by atoms with Gasteiger partial charge in [-0.1, -0.05) is 18.2 Å². The number of aliphatic hydroxyl groups excluding tert-OH is 1. The third kappa shape index (κ3) is 3.74. The van der Waals surface area contributed by atoms with Crippen LogP contribution < -0.4 is 5.43 Å². The summed E-state index contributed by atoms with van der Waals surface area (Å²) in [6.45, 7) is 2.23. The second-order valence-corrected chi connectivity index (χ2v) is 6.77. The Hall–Kier alpha value is -1.41. The first-order chi connectivity index (χ1) is 11.9. The van der Waals surface area contributed by atoms with Gasteiger partial charge in [0.15, 0.2) is 5.78 Å². The fourth-order valence-corrected chi connectivity index (χ4v) is 3.70. The Morgan fingerprint density at radius 3 is 2.80 bits per heavy atom. The summed E-state index contributed by atoms with van der Waals surface area (Å²) in [5.41, 5.74) is 3.60. The maximum atomic E-state index is 13.8. The van der Waals surface area contributed by atoms with Gasteiger partial charge in [0.05, 0.1) is 12.6 Å². The van der Waals surface area contributed by atoms with Gasteiger partial charge in [-0.15, -0.1) is 0 Å². The van der Waals surface area contributed by atoms with Crippen LogP contribution in [0.2, 0.25) is 0 Å². The second-order valence-electron chi connectivity index (χ2n) is 6.77. The Kier molecular flexibility index (Phi) is 5.48. The van der Waals surface area contributed by atoms with E-state index in [1.54, 1.807) is 12.1 Å². The lowest BCUT2D eigenvalue weighted by molar-refractivity contribution is -0.122. The van der Waals surface area contributed by atoms with E-state index >= 15 is 0 Å². The van der Waals surface area contributed by atoms with Crippen LogP contribution in [0.15, 0.2) is 24.3 Å². The van der Waals surface area contributed by atoms with Crippen LogP contribution >= 0.6 is 0 Å². The molecule has 2 heterocycles. The third-order valence-corrected chi connectivity index (χ3v) is 5.19. The molecule has 0 spiro atoms. The fraction of sp³-hybridized carbons (Fsp3) is 0.611. The first-order valence-electron chi connectivity index (χ1n) is 8.65. The molecule has 0 saturated carbocycles. The summed E-state index contributed by atoms with van der Waals surface area (Å²) in [6, 6.07) is 5.55. The number of aliphatic hydroxyl groups is 1. The number of hydrogen-bond acceptors (Lipinski definition) is 5. The molecule has 1 aromatic carbocycles. The number of hydrogen-bond donors (Lipinski definition) is 2. The Bertz CT molecular complexity index is 620. The van der Waals surface area contributed by atoms with Crippen molar-refractivity contribution >= 4 is 5.78 Å². The van der Waals surface area contributed by atoms with Crippen LogP contribution in [-0.2, 0) is 15.5 Å². The maximum absolute atomic E-state index is 13.8. The molecule has 2 atom stereocenters. The Labute approximate surface area is 145 Å². The molecule has 1 aromatic rings. The van der Waals surface area contributed by atoms with Crippen LogP contribution in [0.3, 0.4) is 0 Å². The smallest absolute Gasteiger partial charge is 0.295 e. The average Bonchev–Trinajstić information content (AvgIpc) is 3.03. The fourth-order valence-electron chi connectivity index (χ4n) is 3.70. The van der Waals surface area contributed by atoms with Crippen molar-refractivity contribution in [1.82, 2.24) is 10.4 Å². The molecule has 2 N–H and O–H groups in total. The molecule has 0 amide bonds. The van der Waals surface area contributed by atoms with Gasteiger partial charge in [-0.05, 0) is 37.3 Å². The van der Waals surface area contributed by atoms with E-state index in [1.807, 2.05) is 11.9 Å². The van der Waals surface area contributed by atoms with Gasteiger partial charge in [0.25, 0.3) is 5.92 Å². The zero-order valence-electron chi connectivity index (χ0n) is 14.3. The zero-order valence-corrected chi connectivity index (χ0v) is 14.3. The Morgan fingerprint density at radius 2 is 2.12 bits per heavy atom. The molecule has 1 unspecified atom stereocenters. The minimum atomic E-state index is -3.27. The van der Waals surface area contributed by atoms with Crippen LogP contribution in [0.25, 0.3) is 0 Å². The second kappa shape index (κ2) is 7.45. The van der Waals surface area contributed by atoms with Crippen LogP contribution in [0.1, 0.15) is 36.9 Å². The lowest BCUT2D eigenvalue weighted by Crippen LogP contribution is -2.46. The number of alkyl halides is 2. The number of ether oxygens (including phenoxy) is 1. The number of rotatable bonds is 5. The Balaban J connectivity index is 1.83. The third-order valence-electron chi connectivity index (χ3n) is 5.19. The predicted molar refractivity (Wildman–Crippen MR) is 88.0 cm³/mol. The normalized spacial score (nSPS) is 24.6. The lowest BCUT2D eigenvalue weighted by atomic mass is 9.88. The molecule has 2 fully saturated rings. The monoisotopic (exact) mass is 354 g/mol. The van der Waals surface area contributed by atoms with Gasteiger partial charge >= 0.3 is 0 Å². The lowest BCUT2D eigenvalue weighted by Gasteiger charge is -2.36. The number of nitrogens with one attached hydrogen (secondary N) is 1. The summed E-state index contributed by atoms with van der Waals surface area (Å²) in [5, 5.41) is 10.8. The standard InChI is InChI=1S/C18H24F2N2O3/c1-12(14-3-2-4-15(9-14)18(19,20)11-23)22-17(16(24)10-21-22)13-5-7-25-8-6-13/h2-4,9,12-13,17,21,23H,5-8,10-11H2,1H3/t12?,17-/m1/s1. The highest BCUT2D eigenvalue weighted by Crippen LogP contribution is 2.34. The topological polar surface area (TPSA) is 61.8 Å². The van der Waals surface area contributed by atoms with E-state index in [0.29, 0.717) is 18.8 Å². The van der Waals surface area contributed by atoms with Crippen molar-refractivity contribution in [2.45, 2.75) is 37.8 Å². The highest BCUT2D eigenvalue weighted by Gasteiger charge is 2.41. The number of ketones is 1. The maximum Gasteiger partial charge on any atom is 0.295 e. The molecule has 5 nitrogen and oxygen atoms in total. The van der Waals surface area contributed by atoms with Gasteiger partial charge < -0.3 is 9.84 Å². The molecule has 0 aliphatic carbocycles. The van der Waals surface area contributed by atoms with Gasteiger partial charge in [0.2, 0.25) is 0 Å². The van der Waals surface area contributed by atoms with Gasteiger partial charge in [0, 0.05) is 24.8 Å². The molecular weight excluding hydrogens is 330 g/mol. The van der Waals surface area contributed by atoms with E-state index in [-0.39, 0.29) is 35.9 Å². The van der Waals surface area contributed by atoms with Crippen molar-refractivity contribution in [3.8, 4) is 0 Å². The first-order valence-corrected chi connectivity index (χ1v) is 8.65. The summed E-state index contributed by atoms with van der Waals surface area (Å²) in [5.74, 6) is -2.93. The number of Topliss-reactive ketones (excluding diaryl/α,β-unsaturated/α-hetero) is 1. The molecule has 2 aliphatic heterocycles. The molecule has 0 radical (unpaired) electrons. The van der Waals surface area contributed by atoms with Crippen molar-refractivity contribution < 1.29 is 23.4 Å². The summed E-state index contributed by atoms with van der Waals surface area (Å²) < 4.78 is 33.0. The van der Waals surface area contributed by atoms with Crippen LogP contribution in [0, 0.1) is 5.92 Å². The Morgan fingerprint density at radius 1 is 1.40 bits per heavy atom. The van der Waals surface area contributed by atoms with Crippen molar-refractivity contribution in [2.75, 3.05) is 26.4 Å². The van der Waals surface area contributed by atoms with E-state index in [1.165, 1.54) is 12.1 Å². The van der Waals surface area contributed by atoms with Crippen LogP contribution in [0.5, 0.6) is 0 Å². The summed E-state index contributed by atoms with van der Waals surface area (Å²) >= 11 is 0. The van der Waals surface area contributed by atoms with Crippen molar-refractivity contribution in [1.29, 1.82) is 0 Å². The average molecular weight is 354 g/mol. The van der Waals surface area contributed by atoms with E-state index in [4.69, 9.17) is 9.84 Å². The number of hydrazine groups is 1. The van der Waals surface area contributed by atoms with Crippen LogP contribution in [-0.4, -0.2) is 48.3 Å². The number of benzene rings is 1. The number of carbonyl (C=O) groups is 1. The van der Waals surface area contributed by atoms with Crippen molar-refractivity contribution in [3.63, 3.8) is 0 Å². The van der Waals surface area contributed by atoms with Gasteiger partial charge in [-0.2, -0.15) is 8.78 Å². The molecule has 0 aromatic heterocycles. The molecular formula is C18H24F2N2O3. The summed E-state index contributed by atoms with van der Waals surface area (Å²) in [6.07, 6.45) is 1.65. The highest BCUT2D eigenvalue weighted by atomic mass is 19.3. The van der Waals surface area contributed by atoms with Crippen molar-refractivity contribution in [2.24, 2.45) is 5.92 Å². The quantitative estimate of drug-likeness (QED) is 0.847. The van der Waals surface area contributed by atoms with E-state index in [2.05, 4.69) is 5.43 Å². The van der Waals surface area contributed by atoms with Gasteiger partial charge in [0.1, 0.15) is 6.61 Å². The summed E-state index contributed by atoms with van der Waals surface area (Å²) in [4.78, 5) is 12.4. The molecule has 2 saturated heterocycles. The zero-order chi connectivity index (χ0) is 18.0. The molecule has 3 rings (SSSR count). The van der Waals surface area contributed by atoms with Gasteiger partial charge in [-0.25, -0.2) is 10.4 Å². The first kappa shape index (κ1) is 18.4. The highest BCUT2D eigenvalue weighted by molar-refractivity contribution is 5.87. The number of nitrogens with zero attached hydrogens (tertiary/aromatic N) is 1. The predicted octanol–water partition coefficient (Wildman–Crippen LogP) is 2.02.